The van der Waals surface area contributed by atoms with Crippen molar-refractivity contribution >= 4 is 28.7 Å². The van der Waals surface area contributed by atoms with Crippen molar-refractivity contribution in [2.45, 2.75) is 50.4 Å². The molecule has 0 aliphatic carbocycles. The van der Waals surface area contributed by atoms with E-state index in [0.29, 0.717) is 29.3 Å². The van der Waals surface area contributed by atoms with Crippen LogP contribution in [0.5, 0.6) is 0 Å². The zero-order chi connectivity index (χ0) is 21.6. The first kappa shape index (κ1) is 21.6. The first-order valence-corrected chi connectivity index (χ1v) is 11.8. The molecule has 164 valence electrons. The first-order chi connectivity index (χ1) is 15.2. The fourth-order valence-corrected chi connectivity index (χ4v) is 4.60. The Morgan fingerprint density at radius 1 is 1.35 bits per heavy atom. The van der Waals surface area contributed by atoms with Crippen LogP contribution in [-0.4, -0.2) is 45.5 Å². The number of nitrogens with zero attached hydrogens (tertiary/aromatic N) is 2. The second-order valence-corrected chi connectivity index (χ2v) is 8.67. The molecule has 4 rings (SSSR count). The molecule has 0 radical (unpaired) electrons. The molecule has 3 aromatic rings. The molecule has 1 aromatic carbocycles. The highest BCUT2D eigenvalue weighted by atomic mass is 32.2. The third-order valence-electron chi connectivity index (χ3n) is 5.45. The van der Waals surface area contributed by atoms with Crippen LogP contribution in [0, 0.1) is 0 Å². The van der Waals surface area contributed by atoms with Gasteiger partial charge in [-0.05, 0) is 24.8 Å². The molecular weight excluding hydrogens is 412 g/mol. The average Bonchev–Trinajstić information content (AvgIpc) is 3.46. The van der Waals surface area contributed by atoms with Crippen LogP contribution in [0.3, 0.4) is 0 Å². The van der Waals surface area contributed by atoms with Crippen LogP contribution < -0.4 is 10.9 Å². The number of amides is 1. The van der Waals surface area contributed by atoms with Crippen molar-refractivity contribution < 1.29 is 9.53 Å². The summed E-state index contributed by atoms with van der Waals surface area (Å²) in [5.41, 5.74) is 2.94. The summed E-state index contributed by atoms with van der Waals surface area (Å²) in [5.74, 6) is 0.135. The minimum Gasteiger partial charge on any atom is -0.376 e. The van der Waals surface area contributed by atoms with Crippen molar-refractivity contribution in [2.24, 2.45) is 0 Å². The Morgan fingerprint density at radius 3 is 2.94 bits per heavy atom. The van der Waals surface area contributed by atoms with Gasteiger partial charge in [-0.3, -0.25) is 14.2 Å². The van der Waals surface area contributed by atoms with Crippen LogP contribution >= 0.6 is 11.8 Å². The number of hydrogen-bond donors (Lipinski definition) is 2. The zero-order valence-corrected chi connectivity index (χ0v) is 18.5. The maximum atomic E-state index is 13.2. The maximum absolute atomic E-state index is 13.2. The van der Waals surface area contributed by atoms with Crippen molar-refractivity contribution in [1.82, 2.24) is 19.9 Å². The van der Waals surface area contributed by atoms with E-state index < -0.39 is 0 Å². The minimum atomic E-state index is -0.0945. The number of carbonyl (C=O) groups is 1. The Morgan fingerprint density at radius 2 is 2.19 bits per heavy atom. The van der Waals surface area contributed by atoms with E-state index in [-0.39, 0.29) is 23.3 Å². The molecule has 1 aliphatic rings. The van der Waals surface area contributed by atoms with Gasteiger partial charge in [0, 0.05) is 31.5 Å². The molecule has 1 amide bonds. The van der Waals surface area contributed by atoms with Gasteiger partial charge in [0.15, 0.2) is 5.16 Å². The Hall–Kier alpha value is -2.58. The van der Waals surface area contributed by atoms with Crippen LogP contribution in [0.1, 0.15) is 32.6 Å². The molecule has 1 fully saturated rings. The maximum Gasteiger partial charge on any atom is 0.278 e. The Labute approximate surface area is 185 Å². The number of aromatic amines is 1. The minimum absolute atomic E-state index is 0.0748. The number of carbonyl (C=O) groups excluding carboxylic acids is 1. The van der Waals surface area contributed by atoms with Crippen molar-refractivity contribution in [3.8, 4) is 11.1 Å². The lowest BCUT2D eigenvalue weighted by atomic mass is 10.1. The number of benzene rings is 1. The van der Waals surface area contributed by atoms with E-state index in [1.807, 2.05) is 36.5 Å². The van der Waals surface area contributed by atoms with Crippen LogP contribution in [0.15, 0.2) is 46.5 Å². The monoisotopic (exact) mass is 440 g/mol. The van der Waals surface area contributed by atoms with Crippen molar-refractivity contribution in [2.75, 3.05) is 18.9 Å². The number of rotatable bonds is 9. The number of aromatic nitrogens is 3. The molecule has 0 unspecified atom stereocenters. The molecule has 2 N–H and O–H groups in total. The Bertz CT molecular complexity index is 1090. The number of ether oxygens (including phenoxy) is 1. The molecular formula is C23H28N4O3S. The van der Waals surface area contributed by atoms with Gasteiger partial charge in [-0.25, -0.2) is 4.98 Å². The van der Waals surface area contributed by atoms with E-state index in [4.69, 9.17) is 9.72 Å². The van der Waals surface area contributed by atoms with E-state index in [1.165, 1.54) is 11.8 Å². The lowest BCUT2D eigenvalue weighted by Crippen LogP contribution is -2.33. The third-order valence-corrected chi connectivity index (χ3v) is 6.43. The summed E-state index contributed by atoms with van der Waals surface area (Å²) in [6.07, 6.45) is 5.82. The van der Waals surface area contributed by atoms with Gasteiger partial charge in [-0.1, -0.05) is 55.4 Å². The van der Waals surface area contributed by atoms with Gasteiger partial charge in [-0.15, -0.1) is 0 Å². The molecule has 1 atom stereocenters. The highest BCUT2D eigenvalue weighted by molar-refractivity contribution is 7.99. The molecule has 31 heavy (non-hydrogen) atoms. The van der Waals surface area contributed by atoms with Gasteiger partial charge < -0.3 is 15.0 Å². The molecule has 0 bridgehead atoms. The number of fused-ring (bicyclic) bond motifs is 1. The van der Waals surface area contributed by atoms with E-state index in [2.05, 4.69) is 17.2 Å². The summed E-state index contributed by atoms with van der Waals surface area (Å²) in [6.45, 7) is 3.97. The van der Waals surface area contributed by atoms with Gasteiger partial charge in [0.2, 0.25) is 5.91 Å². The van der Waals surface area contributed by atoms with Gasteiger partial charge in [-0.2, -0.15) is 0 Å². The summed E-state index contributed by atoms with van der Waals surface area (Å²) >= 11 is 1.31. The highest BCUT2D eigenvalue weighted by Crippen LogP contribution is 2.27. The smallest absolute Gasteiger partial charge is 0.278 e. The Kier molecular flexibility index (Phi) is 7.09. The quantitative estimate of drug-likeness (QED) is 0.392. The summed E-state index contributed by atoms with van der Waals surface area (Å²) in [5, 5.41) is 3.51. The largest absolute Gasteiger partial charge is 0.376 e. The van der Waals surface area contributed by atoms with Gasteiger partial charge >= 0.3 is 0 Å². The predicted molar refractivity (Wildman–Crippen MR) is 123 cm³/mol. The fourth-order valence-electron chi connectivity index (χ4n) is 3.75. The van der Waals surface area contributed by atoms with Gasteiger partial charge in [0.1, 0.15) is 11.0 Å². The van der Waals surface area contributed by atoms with Crippen LogP contribution in [0.25, 0.3) is 22.2 Å². The molecule has 0 spiro atoms. The molecule has 3 heterocycles. The molecule has 7 nitrogen and oxygen atoms in total. The fraction of sp³-hybridized carbons (Fsp3) is 0.435. The van der Waals surface area contributed by atoms with Crippen LogP contribution in [-0.2, 0) is 16.1 Å². The molecule has 1 aliphatic heterocycles. The third kappa shape index (κ3) is 5.02. The number of unbranched alkanes of at least 4 members (excludes halogenated alkanes) is 1. The summed E-state index contributed by atoms with van der Waals surface area (Å²) < 4.78 is 7.25. The zero-order valence-electron chi connectivity index (χ0n) is 17.7. The molecule has 1 saturated heterocycles. The summed E-state index contributed by atoms with van der Waals surface area (Å²) in [4.78, 5) is 33.5. The number of hydrogen-bond acceptors (Lipinski definition) is 5. The normalized spacial score (nSPS) is 16.1. The number of nitrogens with one attached hydrogen (secondary N) is 2. The van der Waals surface area contributed by atoms with Crippen molar-refractivity contribution in [3.63, 3.8) is 0 Å². The lowest BCUT2D eigenvalue weighted by Gasteiger charge is -2.13. The SMILES string of the molecule is CCCCn1c(SCC(=O)NC[C@H]2CCCO2)nc2c(-c3ccccc3)c[nH]c2c1=O. The lowest BCUT2D eigenvalue weighted by molar-refractivity contribution is -0.119. The van der Waals surface area contributed by atoms with E-state index in [0.717, 1.165) is 43.4 Å². The van der Waals surface area contributed by atoms with Gasteiger partial charge in [0.25, 0.3) is 5.56 Å². The molecule has 0 saturated carbocycles. The second-order valence-electron chi connectivity index (χ2n) is 7.72. The highest BCUT2D eigenvalue weighted by Gasteiger charge is 2.19. The van der Waals surface area contributed by atoms with E-state index in [1.54, 1.807) is 4.57 Å². The topological polar surface area (TPSA) is 89.0 Å². The molecule has 2 aromatic heterocycles. The van der Waals surface area contributed by atoms with Crippen LogP contribution in [0.2, 0.25) is 0 Å². The molecule has 8 heteroatoms. The van der Waals surface area contributed by atoms with Gasteiger partial charge in [0.05, 0.1) is 11.9 Å². The standard InChI is InChI=1S/C23H28N4O3S/c1-2-3-11-27-22(29)21-20(18(14-25-21)16-8-5-4-6-9-16)26-23(27)31-15-19(28)24-13-17-10-7-12-30-17/h4-6,8-9,14,17,25H,2-3,7,10-13,15H2,1H3,(H,24,28)/t17-/m1/s1. The average molecular weight is 441 g/mol. The van der Waals surface area contributed by atoms with Crippen molar-refractivity contribution in [3.05, 3.63) is 46.9 Å². The summed E-state index contributed by atoms with van der Waals surface area (Å²) in [7, 11) is 0. The van der Waals surface area contributed by atoms with E-state index in [9.17, 15) is 9.59 Å². The number of thioether (sulfide) groups is 1. The number of H-pyrrole nitrogens is 1. The second kappa shape index (κ2) is 10.2. The van der Waals surface area contributed by atoms with E-state index >= 15 is 0 Å². The summed E-state index contributed by atoms with van der Waals surface area (Å²) in [6, 6.07) is 9.88. The first-order valence-electron chi connectivity index (χ1n) is 10.9. The van der Waals surface area contributed by atoms with Crippen molar-refractivity contribution in [1.29, 1.82) is 0 Å². The predicted octanol–water partition coefficient (Wildman–Crippen LogP) is 3.58. The van der Waals surface area contributed by atoms with Crippen LogP contribution in [0.4, 0.5) is 0 Å². The Balaban J connectivity index is 1.58.